The molecule has 1 aromatic heterocycles. The summed E-state index contributed by atoms with van der Waals surface area (Å²) in [6.45, 7) is 4.98. The maximum Gasteiger partial charge on any atom is 0.224 e. The van der Waals surface area contributed by atoms with Crippen LogP contribution in [0, 0.1) is 0 Å². The second-order valence-corrected chi connectivity index (χ2v) is 5.93. The Kier molecular flexibility index (Phi) is 4.99. The quantitative estimate of drug-likeness (QED) is 0.918. The lowest BCUT2D eigenvalue weighted by molar-refractivity contribution is 0.249. The molecule has 0 aliphatic carbocycles. The van der Waals surface area contributed by atoms with Gasteiger partial charge in [0.25, 0.3) is 0 Å². The second-order valence-electron chi connectivity index (χ2n) is 5.08. The van der Waals surface area contributed by atoms with E-state index in [0.717, 1.165) is 29.9 Å². The highest BCUT2D eigenvalue weighted by Crippen LogP contribution is 2.27. The zero-order valence-corrected chi connectivity index (χ0v) is 13.4. The molecule has 6 heteroatoms. The van der Waals surface area contributed by atoms with Crippen molar-refractivity contribution < 1.29 is 0 Å². The first-order valence-corrected chi connectivity index (χ1v) is 7.59. The fourth-order valence-electron chi connectivity index (χ4n) is 2.42. The molecule has 19 heavy (non-hydrogen) atoms. The molecule has 1 aliphatic rings. The zero-order valence-electron chi connectivity index (χ0n) is 11.9. The third-order valence-corrected chi connectivity index (χ3v) is 4.11. The summed E-state index contributed by atoms with van der Waals surface area (Å²) in [7, 11) is 4.31. The molecule has 0 atom stereocenters. The monoisotopic (exact) mass is 327 g/mol. The van der Waals surface area contributed by atoms with Crippen LogP contribution in [-0.4, -0.2) is 54.6 Å². The third-order valence-electron chi connectivity index (χ3n) is 3.55. The van der Waals surface area contributed by atoms with Crippen molar-refractivity contribution >= 4 is 27.7 Å². The minimum Gasteiger partial charge on any atom is -0.355 e. The van der Waals surface area contributed by atoms with E-state index in [-0.39, 0.29) is 0 Å². The molecule has 1 aromatic rings. The molecule has 0 saturated carbocycles. The van der Waals surface area contributed by atoms with Gasteiger partial charge < -0.3 is 15.1 Å². The smallest absolute Gasteiger partial charge is 0.224 e. The van der Waals surface area contributed by atoms with Crippen LogP contribution in [0.5, 0.6) is 0 Å². The van der Waals surface area contributed by atoms with Crippen molar-refractivity contribution in [2.75, 3.05) is 43.9 Å². The highest BCUT2D eigenvalue weighted by Gasteiger charge is 2.23. The lowest BCUT2D eigenvalue weighted by Crippen LogP contribution is -2.42. The Labute approximate surface area is 123 Å². The number of hydrogen-bond donors (Lipinski definition) is 1. The summed E-state index contributed by atoms with van der Waals surface area (Å²) in [6.07, 6.45) is 4.19. The summed E-state index contributed by atoms with van der Waals surface area (Å²) in [5.74, 6) is 1.71. The van der Waals surface area contributed by atoms with Crippen molar-refractivity contribution in [3.63, 3.8) is 0 Å². The number of halogens is 1. The predicted molar refractivity (Wildman–Crippen MR) is 82.8 cm³/mol. The van der Waals surface area contributed by atoms with Crippen LogP contribution in [-0.2, 0) is 0 Å². The molecule has 106 valence electrons. The van der Waals surface area contributed by atoms with E-state index in [1.165, 1.54) is 12.8 Å². The van der Waals surface area contributed by atoms with Gasteiger partial charge in [0.05, 0.1) is 4.47 Å². The van der Waals surface area contributed by atoms with Crippen molar-refractivity contribution in [1.29, 1.82) is 0 Å². The van der Waals surface area contributed by atoms with Crippen LogP contribution in [0.2, 0.25) is 0 Å². The third kappa shape index (κ3) is 3.57. The van der Waals surface area contributed by atoms with Gasteiger partial charge in [-0.3, -0.25) is 0 Å². The Morgan fingerprint density at radius 3 is 2.68 bits per heavy atom. The topological polar surface area (TPSA) is 44.3 Å². The molecule has 1 aliphatic heterocycles. The maximum atomic E-state index is 4.60. The maximum absolute atomic E-state index is 4.60. The Morgan fingerprint density at radius 2 is 2.11 bits per heavy atom. The SMILES string of the molecule is CCNc1ncc(Br)c(N2CCC(N(C)C)CC2)n1. The molecule has 1 fully saturated rings. The van der Waals surface area contributed by atoms with Crippen LogP contribution < -0.4 is 10.2 Å². The van der Waals surface area contributed by atoms with Gasteiger partial charge in [0.1, 0.15) is 5.82 Å². The number of nitrogens with one attached hydrogen (secondary N) is 1. The number of piperidine rings is 1. The molecule has 0 spiro atoms. The van der Waals surface area contributed by atoms with Gasteiger partial charge in [0.15, 0.2) is 0 Å². The van der Waals surface area contributed by atoms with E-state index in [1.807, 2.05) is 13.1 Å². The normalized spacial score (nSPS) is 17.0. The van der Waals surface area contributed by atoms with Gasteiger partial charge in [0.2, 0.25) is 5.95 Å². The number of hydrogen-bond acceptors (Lipinski definition) is 5. The van der Waals surface area contributed by atoms with Gasteiger partial charge >= 0.3 is 0 Å². The fraction of sp³-hybridized carbons (Fsp3) is 0.692. The molecule has 2 heterocycles. The van der Waals surface area contributed by atoms with E-state index in [9.17, 15) is 0 Å². The van der Waals surface area contributed by atoms with Gasteiger partial charge in [-0.05, 0) is 49.8 Å². The average Bonchev–Trinajstić information content (AvgIpc) is 2.41. The summed E-state index contributed by atoms with van der Waals surface area (Å²) >= 11 is 3.56. The summed E-state index contributed by atoms with van der Waals surface area (Å²) in [5.41, 5.74) is 0. The number of nitrogens with zero attached hydrogens (tertiary/aromatic N) is 4. The first kappa shape index (κ1) is 14.5. The van der Waals surface area contributed by atoms with Crippen LogP contribution in [0.25, 0.3) is 0 Å². The molecule has 0 radical (unpaired) electrons. The minimum atomic E-state index is 0.685. The Hall–Kier alpha value is -0.880. The lowest BCUT2D eigenvalue weighted by Gasteiger charge is -2.36. The number of rotatable bonds is 4. The fourth-order valence-corrected chi connectivity index (χ4v) is 2.86. The highest BCUT2D eigenvalue weighted by molar-refractivity contribution is 9.10. The second kappa shape index (κ2) is 6.52. The van der Waals surface area contributed by atoms with E-state index in [1.54, 1.807) is 0 Å². The Balaban J connectivity index is 2.08. The summed E-state index contributed by atoms with van der Waals surface area (Å²) in [6, 6.07) is 0.685. The zero-order chi connectivity index (χ0) is 13.8. The van der Waals surface area contributed by atoms with Gasteiger partial charge in [-0.25, -0.2) is 4.98 Å². The van der Waals surface area contributed by atoms with Crippen LogP contribution >= 0.6 is 15.9 Å². The van der Waals surface area contributed by atoms with Crippen LogP contribution in [0.1, 0.15) is 19.8 Å². The minimum absolute atomic E-state index is 0.685. The highest BCUT2D eigenvalue weighted by atomic mass is 79.9. The average molecular weight is 328 g/mol. The lowest BCUT2D eigenvalue weighted by atomic mass is 10.0. The van der Waals surface area contributed by atoms with Gasteiger partial charge in [-0.15, -0.1) is 0 Å². The van der Waals surface area contributed by atoms with Gasteiger partial charge in [-0.1, -0.05) is 0 Å². The Morgan fingerprint density at radius 1 is 1.42 bits per heavy atom. The number of anilines is 2. The summed E-state index contributed by atoms with van der Waals surface area (Å²) < 4.78 is 0.970. The van der Waals surface area contributed by atoms with Crippen LogP contribution in [0.3, 0.4) is 0 Å². The van der Waals surface area contributed by atoms with Gasteiger partial charge in [-0.2, -0.15) is 4.98 Å². The van der Waals surface area contributed by atoms with E-state index < -0.39 is 0 Å². The van der Waals surface area contributed by atoms with Crippen molar-refractivity contribution in [1.82, 2.24) is 14.9 Å². The molecule has 0 unspecified atom stereocenters. The van der Waals surface area contributed by atoms with Crippen LogP contribution in [0.4, 0.5) is 11.8 Å². The largest absolute Gasteiger partial charge is 0.355 e. The first-order chi connectivity index (χ1) is 9.11. The molecule has 0 aromatic carbocycles. The Bertz CT molecular complexity index is 415. The summed E-state index contributed by atoms with van der Waals surface area (Å²) in [4.78, 5) is 13.5. The van der Waals surface area contributed by atoms with E-state index in [4.69, 9.17) is 0 Å². The van der Waals surface area contributed by atoms with Crippen LogP contribution in [0.15, 0.2) is 10.7 Å². The van der Waals surface area contributed by atoms with Crippen molar-refractivity contribution in [3.8, 4) is 0 Å². The molecule has 1 saturated heterocycles. The first-order valence-electron chi connectivity index (χ1n) is 6.79. The number of aromatic nitrogens is 2. The van der Waals surface area contributed by atoms with Crippen molar-refractivity contribution in [2.24, 2.45) is 0 Å². The molecule has 2 rings (SSSR count). The molecular weight excluding hydrogens is 306 g/mol. The molecule has 0 amide bonds. The molecule has 0 bridgehead atoms. The van der Waals surface area contributed by atoms with E-state index >= 15 is 0 Å². The molecular formula is C13H22BrN5. The van der Waals surface area contributed by atoms with Crippen molar-refractivity contribution in [2.45, 2.75) is 25.8 Å². The van der Waals surface area contributed by atoms with E-state index in [2.05, 4.69) is 55.1 Å². The molecule has 5 nitrogen and oxygen atoms in total. The standard InChI is InChI=1S/C13H22BrN5/c1-4-15-13-16-9-11(14)12(17-13)19-7-5-10(6-8-19)18(2)3/h9-10H,4-8H2,1-3H3,(H,15,16,17). The van der Waals surface area contributed by atoms with E-state index in [0.29, 0.717) is 12.0 Å². The van der Waals surface area contributed by atoms with Crippen molar-refractivity contribution in [3.05, 3.63) is 10.7 Å². The predicted octanol–water partition coefficient (Wildman–Crippen LogP) is 2.20. The molecule has 1 N–H and O–H groups in total. The summed E-state index contributed by atoms with van der Waals surface area (Å²) in [5, 5.41) is 3.16. The van der Waals surface area contributed by atoms with Gasteiger partial charge in [0, 0.05) is 31.9 Å².